The van der Waals surface area contributed by atoms with E-state index in [2.05, 4.69) is 25.5 Å². The summed E-state index contributed by atoms with van der Waals surface area (Å²) in [5, 5.41) is 11.2. The zero-order valence-corrected chi connectivity index (χ0v) is 13.5. The quantitative estimate of drug-likeness (QED) is 0.604. The van der Waals surface area contributed by atoms with Gasteiger partial charge in [0.2, 0.25) is 0 Å². The largest absolute Gasteiger partial charge is 0.383 e. The molecule has 0 spiro atoms. The Morgan fingerprint density at radius 1 is 1.15 bits per heavy atom. The van der Waals surface area contributed by atoms with Gasteiger partial charge in [-0.15, -0.1) is 5.10 Å². The Hall–Kier alpha value is -3.69. The maximum absolute atomic E-state index is 14.2. The second-order valence-electron chi connectivity index (χ2n) is 5.53. The number of nitrogen functional groups attached to an aromatic ring is 1. The number of anilines is 1. The van der Waals surface area contributed by atoms with Crippen LogP contribution in [0.15, 0.2) is 43.0 Å². The SMILES string of the molecule is Cn1cncc1-c1cnc(N)c(-c2nnnn2-c2cccc(F)c2F)c1. The highest BCUT2D eigenvalue weighted by Crippen LogP contribution is 2.29. The predicted octanol–water partition coefficient (Wildman–Crippen LogP) is 1.99. The summed E-state index contributed by atoms with van der Waals surface area (Å²) in [4.78, 5) is 8.23. The van der Waals surface area contributed by atoms with Gasteiger partial charge in [0.25, 0.3) is 0 Å². The minimum absolute atomic E-state index is 0.129. The lowest BCUT2D eigenvalue weighted by Crippen LogP contribution is -2.06. The third-order valence-corrected chi connectivity index (χ3v) is 3.90. The van der Waals surface area contributed by atoms with Crippen LogP contribution in [0.4, 0.5) is 14.6 Å². The Morgan fingerprint density at radius 2 is 2.00 bits per heavy atom. The number of aryl methyl sites for hydroxylation is 1. The van der Waals surface area contributed by atoms with Crippen molar-refractivity contribution in [2.75, 3.05) is 5.73 Å². The molecule has 4 aromatic rings. The van der Waals surface area contributed by atoms with Gasteiger partial charge in [0.05, 0.1) is 23.8 Å². The van der Waals surface area contributed by atoms with E-state index in [-0.39, 0.29) is 17.3 Å². The zero-order valence-electron chi connectivity index (χ0n) is 13.5. The van der Waals surface area contributed by atoms with E-state index in [1.807, 2.05) is 11.6 Å². The second kappa shape index (κ2) is 5.99. The molecule has 4 rings (SSSR count). The molecule has 0 fully saturated rings. The number of halogens is 2. The molecule has 10 heteroatoms. The minimum Gasteiger partial charge on any atom is -0.383 e. The molecule has 1 aromatic carbocycles. The van der Waals surface area contributed by atoms with Gasteiger partial charge < -0.3 is 10.3 Å². The minimum atomic E-state index is -1.06. The van der Waals surface area contributed by atoms with Crippen LogP contribution >= 0.6 is 0 Å². The smallest absolute Gasteiger partial charge is 0.190 e. The fraction of sp³-hybridized carbons (Fsp3) is 0.0625. The van der Waals surface area contributed by atoms with Gasteiger partial charge in [0, 0.05) is 18.8 Å². The summed E-state index contributed by atoms with van der Waals surface area (Å²) in [6.45, 7) is 0. The zero-order chi connectivity index (χ0) is 18.3. The van der Waals surface area contributed by atoms with Crippen molar-refractivity contribution in [2.45, 2.75) is 0 Å². The van der Waals surface area contributed by atoms with Crippen LogP contribution < -0.4 is 5.73 Å². The van der Waals surface area contributed by atoms with Crippen LogP contribution in [0.3, 0.4) is 0 Å². The number of aromatic nitrogens is 7. The van der Waals surface area contributed by atoms with E-state index in [0.29, 0.717) is 5.56 Å². The lowest BCUT2D eigenvalue weighted by molar-refractivity contribution is 0.501. The van der Waals surface area contributed by atoms with Crippen molar-refractivity contribution < 1.29 is 8.78 Å². The van der Waals surface area contributed by atoms with E-state index in [1.54, 1.807) is 24.8 Å². The van der Waals surface area contributed by atoms with Gasteiger partial charge in [0.1, 0.15) is 11.5 Å². The molecule has 3 aromatic heterocycles. The Kier molecular flexibility index (Phi) is 3.64. The van der Waals surface area contributed by atoms with Crippen LogP contribution in [0.1, 0.15) is 0 Å². The molecule has 3 heterocycles. The maximum Gasteiger partial charge on any atom is 0.190 e. The van der Waals surface area contributed by atoms with Gasteiger partial charge in [-0.25, -0.2) is 18.7 Å². The number of imidazole rings is 1. The summed E-state index contributed by atoms with van der Waals surface area (Å²) >= 11 is 0. The molecule has 0 aliphatic carbocycles. The molecular weight excluding hydrogens is 342 g/mol. The first-order chi connectivity index (χ1) is 12.6. The van der Waals surface area contributed by atoms with Crippen LogP contribution in [0.25, 0.3) is 28.3 Å². The van der Waals surface area contributed by atoms with Crippen molar-refractivity contribution in [3.63, 3.8) is 0 Å². The van der Waals surface area contributed by atoms with Crippen LogP contribution in [-0.4, -0.2) is 34.7 Å². The highest BCUT2D eigenvalue weighted by molar-refractivity contribution is 5.75. The van der Waals surface area contributed by atoms with Gasteiger partial charge in [-0.2, -0.15) is 4.68 Å². The Morgan fingerprint density at radius 3 is 2.77 bits per heavy atom. The standard InChI is InChI=1S/C16H12F2N8/c1-25-8-20-7-13(25)9-5-10(15(19)21-6-9)16-22-23-24-26(16)12-4-2-3-11(17)14(12)18/h2-8H,1H3,(H2,19,21). The van der Waals surface area contributed by atoms with Crippen molar-refractivity contribution in [2.24, 2.45) is 7.05 Å². The number of rotatable bonds is 3. The van der Waals surface area contributed by atoms with Gasteiger partial charge >= 0.3 is 0 Å². The molecule has 0 aliphatic rings. The van der Waals surface area contributed by atoms with Crippen LogP contribution in [-0.2, 0) is 7.05 Å². The number of hydrogen-bond acceptors (Lipinski definition) is 6. The Bertz CT molecular complexity index is 1100. The second-order valence-corrected chi connectivity index (χ2v) is 5.53. The highest BCUT2D eigenvalue weighted by atomic mass is 19.2. The first-order valence-electron chi connectivity index (χ1n) is 7.51. The molecule has 8 nitrogen and oxygen atoms in total. The van der Waals surface area contributed by atoms with E-state index >= 15 is 0 Å². The van der Waals surface area contributed by atoms with E-state index in [9.17, 15) is 8.78 Å². The monoisotopic (exact) mass is 354 g/mol. The number of nitrogens with two attached hydrogens (primary N) is 1. The third kappa shape index (κ3) is 2.48. The van der Waals surface area contributed by atoms with Crippen molar-refractivity contribution in [1.82, 2.24) is 34.7 Å². The fourth-order valence-electron chi connectivity index (χ4n) is 2.60. The number of hydrogen-bond donors (Lipinski definition) is 1. The molecule has 0 radical (unpaired) electrons. The average Bonchev–Trinajstić information content (AvgIpc) is 3.27. The molecule has 0 amide bonds. The Labute approximate surface area is 145 Å². The van der Waals surface area contributed by atoms with Crippen molar-refractivity contribution >= 4 is 5.82 Å². The van der Waals surface area contributed by atoms with Crippen LogP contribution in [0.2, 0.25) is 0 Å². The molecule has 0 unspecified atom stereocenters. The summed E-state index contributed by atoms with van der Waals surface area (Å²) in [5.41, 5.74) is 7.76. The van der Waals surface area contributed by atoms with Crippen molar-refractivity contribution in [3.8, 4) is 28.3 Å². The number of nitrogens with zero attached hydrogens (tertiary/aromatic N) is 7. The first kappa shape index (κ1) is 15.8. The number of benzene rings is 1. The molecule has 130 valence electrons. The van der Waals surface area contributed by atoms with Gasteiger partial charge in [-0.3, -0.25) is 0 Å². The molecule has 26 heavy (non-hydrogen) atoms. The van der Waals surface area contributed by atoms with Crippen molar-refractivity contribution in [1.29, 1.82) is 0 Å². The van der Waals surface area contributed by atoms with Crippen LogP contribution in [0.5, 0.6) is 0 Å². The van der Waals surface area contributed by atoms with E-state index in [0.717, 1.165) is 22.0 Å². The summed E-state index contributed by atoms with van der Waals surface area (Å²) in [6.07, 6.45) is 4.91. The molecule has 0 aliphatic heterocycles. The highest BCUT2D eigenvalue weighted by Gasteiger charge is 2.19. The lowest BCUT2D eigenvalue weighted by Gasteiger charge is -2.09. The molecule has 0 atom stereocenters. The summed E-state index contributed by atoms with van der Waals surface area (Å²) < 4.78 is 30.6. The van der Waals surface area contributed by atoms with Crippen molar-refractivity contribution in [3.05, 3.63) is 54.6 Å². The topological polar surface area (TPSA) is 100 Å². The third-order valence-electron chi connectivity index (χ3n) is 3.90. The summed E-state index contributed by atoms with van der Waals surface area (Å²) in [5.74, 6) is -1.76. The van der Waals surface area contributed by atoms with Gasteiger partial charge in [-0.1, -0.05) is 6.07 Å². The van der Waals surface area contributed by atoms with Crippen LogP contribution in [0, 0.1) is 11.6 Å². The number of pyridine rings is 1. The van der Waals surface area contributed by atoms with E-state index < -0.39 is 11.6 Å². The first-order valence-corrected chi connectivity index (χ1v) is 7.51. The van der Waals surface area contributed by atoms with E-state index in [4.69, 9.17) is 5.73 Å². The normalized spacial score (nSPS) is 11.0. The molecule has 0 bridgehead atoms. The number of tetrazole rings is 1. The summed E-state index contributed by atoms with van der Waals surface area (Å²) in [7, 11) is 1.84. The van der Waals surface area contributed by atoms with Gasteiger partial charge in [0.15, 0.2) is 17.5 Å². The lowest BCUT2D eigenvalue weighted by atomic mass is 10.1. The van der Waals surface area contributed by atoms with E-state index in [1.165, 1.54) is 12.1 Å². The maximum atomic E-state index is 14.2. The summed E-state index contributed by atoms with van der Waals surface area (Å²) in [6, 6.07) is 5.47. The molecule has 2 N–H and O–H groups in total. The Balaban J connectivity index is 1.89. The predicted molar refractivity (Wildman–Crippen MR) is 88.9 cm³/mol. The van der Waals surface area contributed by atoms with Gasteiger partial charge in [-0.05, 0) is 28.6 Å². The molecular formula is C16H12F2N8. The molecule has 0 saturated carbocycles. The molecule has 0 saturated heterocycles. The average molecular weight is 354 g/mol. The fourth-order valence-corrected chi connectivity index (χ4v) is 2.60.